The fourth-order valence-corrected chi connectivity index (χ4v) is 8.84. The number of imidazole rings is 2. The van der Waals surface area contributed by atoms with Crippen LogP contribution in [0.15, 0.2) is 90.4 Å². The normalized spacial score (nSPS) is 13.3. The topological polar surface area (TPSA) is 165 Å². The number of H-pyrrole nitrogens is 2. The fraction of sp³-hybridized carbons (Fsp3) is 0.378. The van der Waals surface area contributed by atoms with Gasteiger partial charge in [-0.1, -0.05) is 74.9 Å². The molecule has 1 unspecified atom stereocenters. The Morgan fingerprint density at radius 2 is 1.32 bits per heavy atom. The minimum absolute atomic E-state index is 0.0303. The molecule has 8 rings (SSSR count). The molecule has 0 aliphatic carbocycles. The van der Waals surface area contributed by atoms with Crippen molar-refractivity contribution in [1.82, 2.24) is 40.4 Å². The van der Waals surface area contributed by atoms with Gasteiger partial charge in [0, 0.05) is 55.0 Å². The number of nitrogens with one attached hydrogen (secondary N) is 4. The molecule has 15 heteroatoms. The van der Waals surface area contributed by atoms with Gasteiger partial charge in [0.2, 0.25) is 17.7 Å². The number of likely N-dealkylation sites (N-methyl/N-ethyl adjacent to an activating group) is 1. The van der Waals surface area contributed by atoms with Crippen LogP contribution < -0.4 is 10.6 Å². The summed E-state index contributed by atoms with van der Waals surface area (Å²) < 4.78 is 6.80. The molecule has 13 nitrogen and oxygen atoms in total. The molecular weight excluding hydrogens is 797 g/mol. The van der Waals surface area contributed by atoms with Gasteiger partial charge in [0.25, 0.3) is 6.47 Å². The molecule has 0 spiro atoms. The Morgan fingerprint density at radius 3 is 1.82 bits per heavy atom. The number of thiophene rings is 2. The van der Waals surface area contributed by atoms with E-state index in [0.717, 1.165) is 74.4 Å². The van der Waals surface area contributed by atoms with Crippen molar-refractivity contribution in [1.29, 1.82) is 0 Å². The largest absolute Gasteiger partial charge is 0.468 e. The summed E-state index contributed by atoms with van der Waals surface area (Å²) in [5.41, 5.74) is 8.06. The number of rotatable bonds is 10. The Balaban J connectivity index is 0.000000192. The molecule has 0 radical (unpaired) electrons. The number of hydrogen-bond donors (Lipinski definition) is 4. The number of aromatic amines is 2. The summed E-state index contributed by atoms with van der Waals surface area (Å²) in [6.07, 6.45) is 12.8. The average Bonchev–Trinajstić information content (AvgIpc) is 4.13. The van der Waals surface area contributed by atoms with Gasteiger partial charge in [-0.05, 0) is 56.3 Å². The fourth-order valence-electron chi connectivity index (χ4n) is 6.40. The van der Waals surface area contributed by atoms with Crippen LogP contribution >= 0.6 is 22.7 Å². The summed E-state index contributed by atoms with van der Waals surface area (Å²) in [7, 11) is 1.84. The summed E-state index contributed by atoms with van der Waals surface area (Å²) in [5.74, 6) is 0.0800. The van der Waals surface area contributed by atoms with Crippen molar-refractivity contribution in [3.8, 4) is 33.6 Å². The number of benzene rings is 2. The predicted octanol–water partition coefficient (Wildman–Crippen LogP) is 8.32. The number of nitrogens with zero attached hydrogens (tertiary/aromatic N) is 4. The number of carbonyl (C=O) groups excluding carboxylic acids is 4. The summed E-state index contributed by atoms with van der Waals surface area (Å²) in [6, 6.07) is 18.3. The molecule has 1 atom stereocenters. The van der Waals surface area contributed by atoms with Crippen LogP contribution in [0.25, 0.3) is 43.0 Å². The lowest BCUT2D eigenvalue weighted by Gasteiger charge is -2.23. The molecule has 60 heavy (non-hydrogen) atoms. The minimum Gasteiger partial charge on any atom is -0.468 e. The first-order valence-electron chi connectivity index (χ1n) is 20.4. The molecule has 2 fully saturated rings. The van der Waals surface area contributed by atoms with E-state index in [1.807, 2.05) is 54.7 Å². The van der Waals surface area contributed by atoms with Crippen LogP contribution in [0.5, 0.6) is 0 Å². The average molecular weight is 855 g/mol. The Kier molecular flexibility index (Phi) is 20.2. The van der Waals surface area contributed by atoms with Gasteiger partial charge in [-0.15, -0.1) is 22.7 Å². The van der Waals surface area contributed by atoms with E-state index in [9.17, 15) is 19.2 Å². The van der Waals surface area contributed by atoms with Gasteiger partial charge >= 0.3 is 0 Å². The van der Waals surface area contributed by atoms with E-state index in [2.05, 4.69) is 84.2 Å². The van der Waals surface area contributed by atoms with Gasteiger partial charge in [-0.3, -0.25) is 19.2 Å². The van der Waals surface area contributed by atoms with Crippen LogP contribution in [-0.2, 0) is 23.9 Å². The van der Waals surface area contributed by atoms with Crippen LogP contribution in [0.4, 0.5) is 0 Å². The van der Waals surface area contributed by atoms with Gasteiger partial charge in [0.05, 0.1) is 59.0 Å². The molecule has 2 aromatic carbocycles. The van der Waals surface area contributed by atoms with E-state index in [1.54, 1.807) is 47.2 Å². The maximum absolute atomic E-state index is 12.2. The summed E-state index contributed by atoms with van der Waals surface area (Å²) in [5, 5.41) is 10.0. The standard InChI is InChI=1S/C18H12N4S2.C13H18N2O.C8H14N2O2.C3H6O2.C3H8/c1-3-12(15-5-19-9-21-15)4-2-11(1)13-7-23-18-14(8-24-17(13)18)16-6-20-10-22-16;1-14-12(11-7-3-2-4-8-11)13(16)15-9-5-6-10-15;1-7(11)9-6-8(12)10-4-2-3-5-10;1-2-5-3-4;1-3-2/h1-10H,(H,19,21)(H,20,22);2-4,7-8,12,14H,5-6,9-10H2,1H3;2-6H2,1H3,(H,9,11);3H,2H2,1H3;3H2,1-2H3. The van der Waals surface area contributed by atoms with E-state index < -0.39 is 0 Å². The number of fused-ring (bicyclic) bond motifs is 1. The Labute approximate surface area is 361 Å². The minimum atomic E-state index is -0.195. The lowest BCUT2D eigenvalue weighted by atomic mass is 10.1. The van der Waals surface area contributed by atoms with E-state index in [1.165, 1.54) is 39.4 Å². The molecule has 3 amide bonds. The first-order chi connectivity index (χ1) is 29.3. The number of aromatic nitrogens is 4. The summed E-state index contributed by atoms with van der Waals surface area (Å²) >= 11 is 3.58. The van der Waals surface area contributed by atoms with Crippen LogP contribution in [0.3, 0.4) is 0 Å². The van der Waals surface area contributed by atoms with Crippen molar-refractivity contribution in [3.63, 3.8) is 0 Å². The van der Waals surface area contributed by atoms with Gasteiger partial charge < -0.3 is 35.1 Å². The highest BCUT2D eigenvalue weighted by atomic mass is 32.1. The number of carbonyl (C=O) groups is 4. The molecule has 2 aliphatic rings. The monoisotopic (exact) mass is 854 g/mol. The number of hydrogen-bond acceptors (Lipinski definition) is 10. The van der Waals surface area contributed by atoms with E-state index >= 15 is 0 Å². The molecule has 2 saturated heterocycles. The lowest BCUT2D eigenvalue weighted by Crippen LogP contribution is -2.38. The number of ether oxygens (including phenoxy) is 1. The molecule has 320 valence electrons. The third-order valence-electron chi connectivity index (χ3n) is 9.35. The molecule has 4 aromatic heterocycles. The zero-order valence-electron chi connectivity index (χ0n) is 35.2. The number of likely N-dealkylation sites (tertiary alicyclic amines) is 2. The van der Waals surface area contributed by atoms with Gasteiger partial charge in [0.1, 0.15) is 6.04 Å². The lowest BCUT2D eigenvalue weighted by molar-refractivity contribution is -0.132. The van der Waals surface area contributed by atoms with E-state index in [4.69, 9.17) is 0 Å². The third kappa shape index (κ3) is 14.0. The second-order valence-electron chi connectivity index (χ2n) is 13.9. The van der Waals surface area contributed by atoms with Gasteiger partial charge in [0.15, 0.2) is 0 Å². The van der Waals surface area contributed by atoms with E-state index in [0.29, 0.717) is 13.1 Å². The van der Waals surface area contributed by atoms with Crippen LogP contribution in [-0.4, -0.2) is 100 Å². The Morgan fingerprint density at radius 1 is 0.783 bits per heavy atom. The van der Waals surface area contributed by atoms with Crippen molar-refractivity contribution in [2.24, 2.45) is 0 Å². The highest BCUT2D eigenvalue weighted by Gasteiger charge is 2.26. The molecule has 0 saturated carbocycles. The van der Waals surface area contributed by atoms with Gasteiger partial charge in [-0.25, -0.2) is 9.97 Å². The van der Waals surface area contributed by atoms with Crippen LogP contribution in [0.1, 0.15) is 71.4 Å². The molecule has 6 heterocycles. The molecule has 2 aliphatic heterocycles. The smallest absolute Gasteiger partial charge is 0.293 e. The number of amides is 3. The molecule has 0 bridgehead atoms. The van der Waals surface area contributed by atoms with Crippen LogP contribution in [0, 0.1) is 0 Å². The molecule has 4 N–H and O–H groups in total. The zero-order valence-corrected chi connectivity index (χ0v) is 36.9. The summed E-state index contributed by atoms with van der Waals surface area (Å²) in [4.78, 5) is 61.5. The quantitative estimate of drug-likeness (QED) is 0.1000. The maximum Gasteiger partial charge on any atom is 0.293 e. The van der Waals surface area contributed by atoms with Crippen molar-refractivity contribution in [2.75, 3.05) is 46.4 Å². The van der Waals surface area contributed by atoms with Crippen molar-refractivity contribution >= 4 is 56.3 Å². The Hall–Kier alpha value is -5.64. The third-order valence-corrected chi connectivity index (χ3v) is 11.5. The summed E-state index contributed by atoms with van der Waals surface area (Å²) in [6.45, 7) is 12.0. The molecular formula is C45H58N8O5S2. The van der Waals surface area contributed by atoms with Crippen molar-refractivity contribution in [2.45, 2.75) is 65.8 Å². The Bertz CT molecular complexity index is 2120. The SMILES string of the molecule is CC(=O)NCC(=O)N1CCCC1.CCC.CCOC=O.CNC(C(=O)N1CCCC1)c1ccccc1.c1ncc(-c2ccc(-c3csc4c(-c5cnc[nH]5)csc34)cc2)[nH]1. The van der Waals surface area contributed by atoms with Crippen molar-refractivity contribution in [3.05, 3.63) is 96.0 Å². The first kappa shape index (κ1) is 47.0. The maximum atomic E-state index is 12.2. The highest BCUT2D eigenvalue weighted by molar-refractivity contribution is 7.27. The zero-order chi connectivity index (χ0) is 43.1. The highest BCUT2D eigenvalue weighted by Crippen LogP contribution is 2.43. The molecule has 6 aromatic rings. The second kappa shape index (κ2) is 25.8. The van der Waals surface area contributed by atoms with Crippen molar-refractivity contribution < 1.29 is 23.9 Å². The van der Waals surface area contributed by atoms with E-state index in [-0.39, 0.29) is 30.3 Å². The predicted molar refractivity (Wildman–Crippen MR) is 243 cm³/mol. The first-order valence-corrected chi connectivity index (χ1v) is 22.2. The second-order valence-corrected chi connectivity index (χ2v) is 15.6. The van der Waals surface area contributed by atoms with Crippen LogP contribution in [0.2, 0.25) is 0 Å². The van der Waals surface area contributed by atoms with Gasteiger partial charge in [-0.2, -0.15) is 0 Å².